The summed E-state index contributed by atoms with van der Waals surface area (Å²) in [5.74, 6) is 0.662. The number of aromatic nitrogens is 4. The van der Waals surface area contributed by atoms with Crippen LogP contribution in [0.4, 0.5) is 5.82 Å². The largest absolute Gasteiger partial charge is 0.309 e. The van der Waals surface area contributed by atoms with Crippen molar-refractivity contribution in [3.63, 3.8) is 0 Å². The van der Waals surface area contributed by atoms with Gasteiger partial charge in [0.2, 0.25) is 5.91 Å². The van der Waals surface area contributed by atoms with Gasteiger partial charge in [0.1, 0.15) is 0 Å². The Balaban J connectivity index is 1.95. The highest BCUT2D eigenvalue weighted by atomic mass is 16.1. The van der Waals surface area contributed by atoms with Crippen LogP contribution in [0.3, 0.4) is 0 Å². The van der Waals surface area contributed by atoms with Gasteiger partial charge in [0.25, 0.3) is 0 Å². The zero-order chi connectivity index (χ0) is 17.2. The molecule has 0 bridgehead atoms. The molecule has 0 aliphatic heterocycles. The fraction of sp³-hybridized carbons (Fsp3) is 0.588. The van der Waals surface area contributed by atoms with E-state index in [0.717, 1.165) is 29.1 Å². The highest BCUT2D eigenvalue weighted by Crippen LogP contribution is 2.25. The monoisotopic (exact) mass is 317 g/mol. The summed E-state index contributed by atoms with van der Waals surface area (Å²) < 4.78 is 0. The second kappa shape index (κ2) is 6.56. The third kappa shape index (κ3) is 4.68. The Hall–Kier alpha value is -2.11. The van der Waals surface area contributed by atoms with Crippen molar-refractivity contribution in [1.29, 1.82) is 0 Å². The SMILES string of the molecule is Cc1n[nH]c(C)c1C(C)CC(=O)Nc1cc(CC(C)(C)C)[nH]n1. The lowest BCUT2D eigenvalue weighted by atomic mass is 9.91. The first-order chi connectivity index (χ1) is 10.7. The van der Waals surface area contributed by atoms with E-state index in [2.05, 4.69) is 46.5 Å². The molecule has 23 heavy (non-hydrogen) atoms. The van der Waals surface area contributed by atoms with Crippen molar-refractivity contribution < 1.29 is 4.79 Å². The van der Waals surface area contributed by atoms with Gasteiger partial charge in [0.15, 0.2) is 5.82 Å². The minimum atomic E-state index is -0.0358. The number of carbonyl (C=O) groups excluding carboxylic acids is 1. The summed E-state index contributed by atoms with van der Waals surface area (Å²) in [5, 5.41) is 17.2. The van der Waals surface area contributed by atoms with Crippen molar-refractivity contribution >= 4 is 11.7 Å². The first-order valence-electron chi connectivity index (χ1n) is 8.01. The molecule has 126 valence electrons. The molecule has 0 aliphatic carbocycles. The molecule has 0 aromatic carbocycles. The number of amides is 1. The van der Waals surface area contributed by atoms with Crippen LogP contribution in [-0.2, 0) is 11.2 Å². The van der Waals surface area contributed by atoms with Gasteiger partial charge >= 0.3 is 0 Å². The predicted molar refractivity (Wildman–Crippen MR) is 91.5 cm³/mol. The summed E-state index contributed by atoms with van der Waals surface area (Å²) in [5.41, 5.74) is 4.31. The average molecular weight is 317 g/mol. The number of H-pyrrole nitrogens is 2. The van der Waals surface area contributed by atoms with Crippen molar-refractivity contribution in [3.8, 4) is 0 Å². The summed E-state index contributed by atoms with van der Waals surface area (Å²) in [6.45, 7) is 12.5. The summed E-state index contributed by atoms with van der Waals surface area (Å²) in [7, 11) is 0. The average Bonchev–Trinajstić information content (AvgIpc) is 2.94. The van der Waals surface area contributed by atoms with E-state index in [0.29, 0.717) is 12.2 Å². The van der Waals surface area contributed by atoms with E-state index in [4.69, 9.17) is 0 Å². The molecule has 0 saturated carbocycles. The zero-order valence-corrected chi connectivity index (χ0v) is 14.9. The maximum absolute atomic E-state index is 12.2. The molecule has 2 rings (SSSR count). The molecule has 1 unspecified atom stereocenters. The smallest absolute Gasteiger partial charge is 0.226 e. The summed E-state index contributed by atoms with van der Waals surface area (Å²) >= 11 is 0. The Morgan fingerprint density at radius 2 is 1.96 bits per heavy atom. The van der Waals surface area contributed by atoms with E-state index in [1.807, 2.05) is 26.8 Å². The van der Waals surface area contributed by atoms with Crippen LogP contribution in [0.5, 0.6) is 0 Å². The van der Waals surface area contributed by atoms with E-state index < -0.39 is 0 Å². The lowest BCUT2D eigenvalue weighted by Crippen LogP contribution is -2.15. The van der Waals surface area contributed by atoms with Crippen molar-refractivity contribution in [2.45, 2.75) is 60.3 Å². The quantitative estimate of drug-likeness (QED) is 0.789. The lowest BCUT2D eigenvalue weighted by Gasteiger charge is -2.15. The van der Waals surface area contributed by atoms with Gasteiger partial charge in [0.05, 0.1) is 5.69 Å². The van der Waals surface area contributed by atoms with Crippen molar-refractivity contribution in [3.05, 3.63) is 28.7 Å². The third-order valence-corrected chi connectivity index (χ3v) is 3.79. The highest BCUT2D eigenvalue weighted by Gasteiger charge is 2.19. The Labute approximate surface area is 137 Å². The van der Waals surface area contributed by atoms with E-state index in [1.54, 1.807) is 0 Å². The molecular formula is C17H27N5O. The molecule has 2 aromatic rings. The summed E-state index contributed by atoms with van der Waals surface area (Å²) in [6.07, 6.45) is 1.29. The molecule has 6 heteroatoms. The number of nitrogens with zero attached hydrogens (tertiary/aromatic N) is 2. The Morgan fingerprint density at radius 1 is 1.26 bits per heavy atom. The molecule has 0 fully saturated rings. The van der Waals surface area contributed by atoms with Gasteiger partial charge < -0.3 is 5.32 Å². The topological polar surface area (TPSA) is 86.5 Å². The van der Waals surface area contributed by atoms with Gasteiger partial charge in [-0.25, -0.2) is 0 Å². The zero-order valence-electron chi connectivity index (χ0n) is 14.9. The lowest BCUT2D eigenvalue weighted by molar-refractivity contribution is -0.116. The second-order valence-electron chi connectivity index (χ2n) is 7.52. The number of nitrogens with one attached hydrogen (secondary N) is 3. The van der Waals surface area contributed by atoms with Crippen LogP contribution < -0.4 is 5.32 Å². The molecule has 2 aromatic heterocycles. The van der Waals surface area contributed by atoms with Gasteiger partial charge in [-0.05, 0) is 37.2 Å². The highest BCUT2D eigenvalue weighted by molar-refractivity contribution is 5.90. The molecule has 0 aliphatic rings. The second-order valence-corrected chi connectivity index (χ2v) is 7.52. The van der Waals surface area contributed by atoms with Crippen LogP contribution in [0.1, 0.15) is 62.7 Å². The molecule has 6 nitrogen and oxygen atoms in total. The first-order valence-corrected chi connectivity index (χ1v) is 8.01. The molecule has 0 saturated heterocycles. The van der Waals surface area contributed by atoms with E-state index in [-0.39, 0.29) is 17.2 Å². The minimum Gasteiger partial charge on any atom is -0.309 e. The van der Waals surface area contributed by atoms with Gasteiger partial charge in [-0.1, -0.05) is 27.7 Å². The molecule has 2 heterocycles. The Bertz CT molecular complexity index is 658. The van der Waals surface area contributed by atoms with Crippen LogP contribution >= 0.6 is 0 Å². The molecule has 0 spiro atoms. The van der Waals surface area contributed by atoms with Crippen LogP contribution in [0.2, 0.25) is 0 Å². The molecule has 1 atom stereocenters. The first kappa shape index (κ1) is 17.2. The van der Waals surface area contributed by atoms with Gasteiger partial charge in [-0.15, -0.1) is 0 Å². The number of hydrogen-bond acceptors (Lipinski definition) is 3. The standard InChI is InChI=1S/C17H27N5O/c1-10(16-11(2)19-20-12(16)3)7-15(23)18-14-8-13(21-22-14)9-17(4,5)6/h8,10H,7,9H2,1-6H3,(H,19,20)(H2,18,21,22,23). The van der Waals surface area contributed by atoms with Crippen LogP contribution in [0.15, 0.2) is 6.07 Å². The van der Waals surface area contributed by atoms with Crippen LogP contribution in [-0.4, -0.2) is 26.3 Å². The third-order valence-electron chi connectivity index (χ3n) is 3.79. The Kier molecular flexibility index (Phi) is 4.92. The van der Waals surface area contributed by atoms with Crippen molar-refractivity contribution in [2.24, 2.45) is 5.41 Å². The minimum absolute atomic E-state index is 0.0358. The van der Waals surface area contributed by atoms with Gasteiger partial charge in [-0.2, -0.15) is 10.2 Å². The van der Waals surface area contributed by atoms with Gasteiger partial charge in [0, 0.05) is 23.9 Å². The number of carbonyl (C=O) groups is 1. The number of aromatic amines is 2. The van der Waals surface area contributed by atoms with Crippen LogP contribution in [0.25, 0.3) is 0 Å². The molecule has 1 amide bonds. The normalized spacial score (nSPS) is 13.1. The van der Waals surface area contributed by atoms with Crippen molar-refractivity contribution in [2.75, 3.05) is 5.32 Å². The molecular weight excluding hydrogens is 290 g/mol. The van der Waals surface area contributed by atoms with Crippen molar-refractivity contribution in [1.82, 2.24) is 20.4 Å². The van der Waals surface area contributed by atoms with E-state index >= 15 is 0 Å². The fourth-order valence-electron chi connectivity index (χ4n) is 2.95. The van der Waals surface area contributed by atoms with E-state index in [1.165, 1.54) is 0 Å². The molecule has 3 N–H and O–H groups in total. The van der Waals surface area contributed by atoms with Gasteiger partial charge in [-0.3, -0.25) is 15.0 Å². The number of anilines is 1. The van der Waals surface area contributed by atoms with E-state index in [9.17, 15) is 4.79 Å². The number of rotatable bonds is 5. The maximum atomic E-state index is 12.2. The summed E-state index contributed by atoms with van der Waals surface area (Å²) in [6, 6.07) is 1.90. The Morgan fingerprint density at radius 3 is 2.52 bits per heavy atom. The van der Waals surface area contributed by atoms with Crippen LogP contribution in [0, 0.1) is 19.3 Å². The predicted octanol–water partition coefficient (Wildman–Crippen LogP) is 3.47. The number of hydrogen-bond donors (Lipinski definition) is 3. The molecule has 0 radical (unpaired) electrons. The fourth-order valence-corrected chi connectivity index (χ4v) is 2.95. The number of aryl methyl sites for hydroxylation is 2. The maximum Gasteiger partial charge on any atom is 0.226 e. The summed E-state index contributed by atoms with van der Waals surface area (Å²) in [4.78, 5) is 12.2.